The highest BCUT2D eigenvalue weighted by molar-refractivity contribution is 5.65. The van der Waals surface area contributed by atoms with Crippen molar-refractivity contribution in [2.75, 3.05) is 13.7 Å². The molecule has 58 valence electrons. The van der Waals surface area contributed by atoms with Crippen molar-refractivity contribution in [3.05, 3.63) is 10.1 Å². The maximum Gasteiger partial charge on any atom is 0.467 e. The van der Waals surface area contributed by atoms with Crippen molar-refractivity contribution in [2.45, 2.75) is 6.92 Å². The number of rotatable bonds is 2. The quantitative estimate of drug-likeness (QED) is 0.418. The van der Waals surface area contributed by atoms with E-state index in [4.69, 9.17) is 0 Å². The van der Waals surface area contributed by atoms with Crippen molar-refractivity contribution >= 4 is 6.09 Å². The summed E-state index contributed by atoms with van der Waals surface area (Å²) < 4.78 is 4.31. The number of nitro groups is 1. The van der Waals surface area contributed by atoms with Gasteiger partial charge >= 0.3 is 6.09 Å². The van der Waals surface area contributed by atoms with E-state index in [1.54, 1.807) is 6.92 Å². The van der Waals surface area contributed by atoms with Crippen LogP contribution in [0.3, 0.4) is 0 Å². The lowest BCUT2D eigenvalue weighted by Gasteiger charge is -2.04. The molecule has 0 N–H and O–H groups in total. The summed E-state index contributed by atoms with van der Waals surface area (Å²) in [5, 5.41) is 9.28. The summed E-state index contributed by atoms with van der Waals surface area (Å²) in [6, 6.07) is 0. The molecule has 0 fully saturated rings. The maximum atomic E-state index is 10.4. The summed E-state index contributed by atoms with van der Waals surface area (Å²) in [5.41, 5.74) is 0. The van der Waals surface area contributed by atoms with Gasteiger partial charge in [0, 0.05) is 0 Å². The zero-order chi connectivity index (χ0) is 8.15. The average molecular weight is 150 g/mol. The molecule has 0 aromatic rings. The Morgan fingerprint density at radius 2 is 2.40 bits per heavy atom. The van der Waals surface area contributed by atoms with Crippen LogP contribution in [0.15, 0.2) is 0 Å². The third-order valence-corrected chi connectivity index (χ3v) is 0.777. The fourth-order valence-corrected chi connectivity index (χ4v) is 0.284. The Kier molecular flexibility index (Phi) is 3.16. The van der Waals surface area contributed by atoms with Crippen molar-refractivity contribution < 1.29 is 14.6 Å². The Morgan fingerprint density at radius 3 is 2.70 bits per heavy atom. The lowest BCUT2D eigenvalue weighted by molar-refractivity contribution is -0.628. The molecule has 6 heteroatoms. The summed E-state index contributed by atoms with van der Waals surface area (Å²) in [7, 11) is 1.03. The fraction of sp³-hybridized carbons (Fsp3) is 0.750. The van der Waals surface area contributed by atoms with Gasteiger partial charge in [0.2, 0.25) is 0 Å². The van der Waals surface area contributed by atoms with Gasteiger partial charge in [0.05, 0.1) is 13.7 Å². The lowest BCUT2D eigenvalue weighted by Crippen LogP contribution is -2.32. The molecule has 0 spiro atoms. The molecule has 0 aromatic heterocycles. The third-order valence-electron chi connectivity index (χ3n) is 0.777. The van der Waals surface area contributed by atoms with Crippen LogP contribution in [-0.2, 0) is 4.74 Å². The number of nitrogens with zero attached hydrogens (tertiary/aromatic N) is 2. The van der Waals surface area contributed by atoms with E-state index in [0.29, 0.717) is 0 Å². The fourth-order valence-electron chi connectivity index (χ4n) is 0.284. The molecule has 0 aliphatic heterocycles. The molecule has 0 unspecified atom stereocenters. The Hall–Kier alpha value is -1.33. The van der Waals surface area contributed by atoms with Gasteiger partial charge in [-0.25, -0.2) is 14.9 Å². The molecule has 1 amide bonds. The second kappa shape index (κ2) is 3.65. The van der Waals surface area contributed by atoms with Gasteiger partial charge in [-0.1, -0.05) is 0 Å². The summed E-state index contributed by atoms with van der Waals surface area (Å²) >= 11 is 0. The Labute approximate surface area is 57.5 Å². The minimum Gasteiger partial charge on any atom is -0.446 e. The molecule has 0 atom stereocenters. The number of carbonyl (C=O) groups excluding carboxylic acids is 1. The third kappa shape index (κ3) is 2.29. The number of carbonyl (C=O) groups is 1. The van der Waals surface area contributed by atoms with Gasteiger partial charge in [-0.3, -0.25) is 0 Å². The van der Waals surface area contributed by atoms with Gasteiger partial charge < -0.3 is 4.74 Å². The van der Waals surface area contributed by atoms with Crippen molar-refractivity contribution in [3.63, 3.8) is 0 Å². The molecule has 0 radical (unpaired) electrons. The normalized spacial score (nSPS) is 8.60. The van der Waals surface area contributed by atoms with Crippen molar-refractivity contribution in [3.8, 4) is 0 Å². The van der Waals surface area contributed by atoms with E-state index >= 15 is 0 Å². The molecule has 0 heterocycles. The van der Waals surface area contributed by atoms with Crippen molar-refractivity contribution in [2.24, 2.45) is 0 Å². The Bertz CT molecular complexity index is 146. The topological polar surface area (TPSA) is 72.7 Å². The van der Waals surface area contributed by atoms with Crippen LogP contribution < -0.4 is 0 Å². The molecular weight excluding hydrogens is 142 g/mol. The van der Waals surface area contributed by atoms with Gasteiger partial charge in [0.25, 0.3) is 0 Å². The van der Waals surface area contributed by atoms with E-state index < -0.39 is 11.1 Å². The standard InChI is InChI=1S/C4H8N2O4/c1-3-10-4(7)5(2)6(8)9/h3H2,1-2H3/i2+2. The highest BCUT2D eigenvalue weighted by Crippen LogP contribution is 1.88. The Balaban J connectivity index is 3.82. The van der Waals surface area contributed by atoms with Crippen LogP contribution in [0.2, 0.25) is 0 Å². The zero-order valence-corrected chi connectivity index (χ0v) is 5.73. The van der Waals surface area contributed by atoms with Crippen LogP contribution in [0.4, 0.5) is 4.79 Å². The molecule has 0 rings (SSSR count). The van der Waals surface area contributed by atoms with Crippen LogP contribution in [0, 0.1) is 10.1 Å². The van der Waals surface area contributed by atoms with E-state index in [1.807, 2.05) is 0 Å². The zero-order valence-electron chi connectivity index (χ0n) is 5.73. The van der Waals surface area contributed by atoms with Gasteiger partial charge in [0.15, 0.2) is 5.03 Å². The van der Waals surface area contributed by atoms with Crippen LogP contribution in [0.25, 0.3) is 0 Å². The first kappa shape index (κ1) is 8.67. The molecule has 0 bridgehead atoms. The number of amides is 1. The first-order valence-electron chi connectivity index (χ1n) is 2.64. The maximum absolute atomic E-state index is 10.4. The molecular formula is C4H8N2O4. The van der Waals surface area contributed by atoms with E-state index in [2.05, 4.69) is 4.74 Å². The predicted octanol–water partition coefficient (Wildman–Crippen LogP) is 0.266. The average Bonchev–Trinajstić information content (AvgIpc) is 1.87. The first-order chi connectivity index (χ1) is 4.59. The van der Waals surface area contributed by atoms with Crippen LogP contribution >= 0.6 is 0 Å². The van der Waals surface area contributed by atoms with Crippen LogP contribution in [0.1, 0.15) is 6.92 Å². The van der Waals surface area contributed by atoms with Gasteiger partial charge in [0.1, 0.15) is 0 Å². The summed E-state index contributed by atoms with van der Waals surface area (Å²) in [4.78, 5) is 20.3. The second-order valence-corrected chi connectivity index (χ2v) is 1.46. The second-order valence-electron chi connectivity index (χ2n) is 1.46. The summed E-state index contributed by atoms with van der Waals surface area (Å²) in [6.07, 6.45) is -0.951. The number of ether oxygens (including phenoxy) is 1. The summed E-state index contributed by atoms with van der Waals surface area (Å²) in [6.45, 7) is 1.71. The van der Waals surface area contributed by atoms with E-state index in [0.717, 1.165) is 7.05 Å². The molecule has 0 aromatic carbocycles. The Morgan fingerprint density at radius 1 is 1.90 bits per heavy atom. The van der Waals surface area contributed by atoms with E-state index in [1.165, 1.54) is 0 Å². The SMILES string of the molecule is CCOC(=O)N([14CH3])[N+](=O)[O-]. The minimum absolute atomic E-state index is 0.136. The van der Waals surface area contributed by atoms with Crippen molar-refractivity contribution in [1.82, 2.24) is 5.01 Å². The molecule has 0 saturated heterocycles. The number of hydrogen-bond donors (Lipinski definition) is 0. The number of hydrogen-bond acceptors (Lipinski definition) is 4. The molecule has 0 aliphatic carbocycles. The monoisotopic (exact) mass is 150 g/mol. The molecule has 0 saturated carbocycles. The van der Waals surface area contributed by atoms with Crippen LogP contribution in [-0.4, -0.2) is 29.8 Å². The van der Waals surface area contributed by atoms with Crippen LogP contribution in [0.5, 0.6) is 0 Å². The largest absolute Gasteiger partial charge is 0.467 e. The van der Waals surface area contributed by atoms with Gasteiger partial charge in [-0.15, -0.1) is 0 Å². The summed E-state index contributed by atoms with van der Waals surface area (Å²) in [5.74, 6) is 0. The lowest BCUT2D eigenvalue weighted by atomic mass is 10.9. The minimum atomic E-state index is -0.951. The van der Waals surface area contributed by atoms with Gasteiger partial charge in [-0.2, -0.15) is 0 Å². The highest BCUT2D eigenvalue weighted by Gasteiger charge is 2.18. The molecule has 6 nitrogen and oxygen atoms in total. The van der Waals surface area contributed by atoms with E-state index in [9.17, 15) is 14.9 Å². The van der Waals surface area contributed by atoms with Crippen molar-refractivity contribution in [1.29, 1.82) is 0 Å². The first-order valence-corrected chi connectivity index (χ1v) is 2.64. The molecule has 10 heavy (non-hydrogen) atoms. The number of hydrazine groups is 1. The predicted molar refractivity (Wildman–Crippen MR) is 31.8 cm³/mol. The smallest absolute Gasteiger partial charge is 0.446 e. The van der Waals surface area contributed by atoms with Gasteiger partial charge in [-0.05, 0) is 11.9 Å². The van der Waals surface area contributed by atoms with E-state index in [-0.39, 0.29) is 11.6 Å². The molecule has 0 aliphatic rings. The highest BCUT2D eigenvalue weighted by atomic mass is 16.7.